The predicted octanol–water partition coefficient (Wildman–Crippen LogP) is 2.79. The number of rotatable bonds is 4. The van der Waals surface area contributed by atoms with Crippen LogP contribution >= 0.6 is 0 Å². The molecule has 0 saturated carbocycles. The molecule has 110 valence electrons. The first-order valence-corrected chi connectivity index (χ1v) is 6.59. The molecule has 2 rings (SSSR count). The minimum atomic E-state index is -0.495. The van der Waals surface area contributed by atoms with Gasteiger partial charge in [0.15, 0.2) is 0 Å². The lowest BCUT2D eigenvalue weighted by atomic mass is 10.2. The molecule has 1 amide bonds. The van der Waals surface area contributed by atoms with Crippen molar-refractivity contribution >= 4 is 23.0 Å². The van der Waals surface area contributed by atoms with E-state index in [4.69, 9.17) is 5.73 Å². The number of hydrogen-bond acceptors (Lipinski definition) is 3. The van der Waals surface area contributed by atoms with Gasteiger partial charge in [-0.2, -0.15) is 0 Å². The van der Waals surface area contributed by atoms with Crippen LogP contribution in [0.15, 0.2) is 42.5 Å². The van der Waals surface area contributed by atoms with Crippen LogP contribution in [0.3, 0.4) is 0 Å². The molecule has 0 fully saturated rings. The number of nitrogen functional groups attached to an aromatic ring is 1. The quantitative estimate of drug-likeness (QED) is 0.850. The van der Waals surface area contributed by atoms with E-state index in [1.165, 1.54) is 18.2 Å². The highest BCUT2D eigenvalue weighted by molar-refractivity contribution is 5.94. The number of carbonyl (C=O) groups is 1. The van der Waals surface area contributed by atoms with Crippen LogP contribution in [0.2, 0.25) is 0 Å². The Hall–Kier alpha value is -2.56. The van der Waals surface area contributed by atoms with Gasteiger partial charge in [-0.3, -0.25) is 4.79 Å². The summed E-state index contributed by atoms with van der Waals surface area (Å²) < 4.78 is 13.1. The maximum absolute atomic E-state index is 13.1. The molecule has 5 heteroatoms. The molecular formula is C16H18FN3O. The zero-order valence-electron chi connectivity index (χ0n) is 12.1. The van der Waals surface area contributed by atoms with Crippen molar-refractivity contribution < 1.29 is 9.18 Å². The summed E-state index contributed by atoms with van der Waals surface area (Å²) in [7, 11) is 1.85. The number of aryl methyl sites for hydroxylation is 1. The molecule has 0 aliphatic carbocycles. The Labute approximate surface area is 123 Å². The summed E-state index contributed by atoms with van der Waals surface area (Å²) in [5.41, 5.74) is 8.06. The van der Waals surface area contributed by atoms with Gasteiger partial charge in [-0.25, -0.2) is 4.39 Å². The summed E-state index contributed by atoms with van der Waals surface area (Å²) in [5, 5.41) is 2.70. The van der Waals surface area contributed by atoms with Crippen molar-refractivity contribution in [1.82, 2.24) is 0 Å². The Morgan fingerprint density at radius 2 is 2.00 bits per heavy atom. The average Bonchev–Trinajstić information content (AvgIpc) is 2.43. The lowest BCUT2D eigenvalue weighted by Crippen LogP contribution is -2.30. The number of likely N-dealkylation sites (N-methyl/N-ethyl adjacent to an activating group) is 1. The summed E-state index contributed by atoms with van der Waals surface area (Å²) in [5.74, 6) is -0.684. The zero-order valence-corrected chi connectivity index (χ0v) is 12.1. The second-order valence-electron chi connectivity index (χ2n) is 4.93. The second-order valence-corrected chi connectivity index (χ2v) is 4.93. The number of benzene rings is 2. The van der Waals surface area contributed by atoms with E-state index in [-0.39, 0.29) is 18.1 Å². The van der Waals surface area contributed by atoms with E-state index in [0.29, 0.717) is 5.69 Å². The Kier molecular flexibility index (Phi) is 4.42. The van der Waals surface area contributed by atoms with Gasteiger partial charge in [0.25, 0.3) is 0 Å². The van der Waals surface area contributed by atoms with Gasteiger partial charge in [-0.05, 0) is 36.8 Å². The van der Waals surface area contributed by atoms with Crippen molar-refractivity contribution in [3.05, 3.63) is 53.8 Å². The number of amides is 1. The number of anilines is 3. The third-order valence-electron chi connectivity index (χ3n) is 3.19. The molecular weight excluding hydrogens is 269 g/mol. The molecule has 0 aliphatic heterocycles. The van der Waals surface area contributed by atoms with Gasteiger partial charge >= 0.3 is 0 Å². The minimum Gasteiger partial charge on any atom is -0.396 e. The molecule has 3 N–H and O–H groups in total. The fourth-order valence-corrected chi connectivity index (χ4v) is 2.11. The lowest BCUT2D eigenvalue weighted by Gasteiger charge is -2.20. The molecule has 0 aromatic heterocycles. The highest BCUT2D eigenvalue weighted by Crippen LogP contribution is 2.19. The van der Waals surface area contributed by atoms with E-state index in [2.05, 4.69) is 5.32 Å². The van der Waals surface area contributed by atoms with Gasteiger partial charge < -0.3 is 16.0 Å². The summed E-state index contributed by atoms with van der Waals surface area (Å²) in [4.78, 5) is 13.9. The minimum absolute atomic E-state index is 0.0139. The van der Waals surface area contributed by atoms with E-state index in [0.717, 1.165) is 11.3 Å². The molecule has 2 aromatic carbocycles. The maximum atomic E-state index is 13.1. The Bertz CT molecular complexity index is 658. The fourth-order valence-electron chi connectivity index (χ4n) is 2.11. The van der Waals surface area contributed by atoms with Crippen molar-refractivity contribution in [2.24, 2.45) is 0 Å². The largest absolute Gasteiger partial charge is 0.396 e. The normalized spacial score (nSPS) is 10.2. The fraction of sp³-hybridized carbons (Fsp3) is 0.188. The van der Waals surface area contributed by atoms with Crippen LogP contribution in [0.1, 0.15) is 5.56 Å². The van der Waals surface area contributed by atoms with E-state index in [1.807, 2.05) is 43.1 Å². The van der Waals surface area contributed by atoms with Crippen LogP contribution in [0.25, 0.3) is 0 Å². The van der Waals surface area contributed by atoms with E-state index >= 15 is 0 Å². The number of carbonyl (C=O) groups excluding carboxylic acids is 1. The first-order valence-electron chi connectivity index (χ1n) is 6.59. The standard InChI is InChI=1S/C16H18FN3O/c1-11-5-3-4-6-15(11)20(2)10-16(21)19-12-7-8-13(17)14(18)9-12/h3-9H,10,18H2,1-2H3,(H,19,21). The third-order valence-corrected chi connectivity index (χ3v) is 3.19. The molecule has 0 atom stereocenters. The van der Waals surface area contributed by atoms with Crippen molar-refractivity contribution in [1.29, 1.82) is 0 Å². The van der Waals surface area contributed by atoms with E-state index in [9.17, 15) is 9.18 Å². The predicted molar refractivity (Wildman–Crippen MR) is 83.9 cm³/mol. The Balaban J connectivity index is 2.01. The van der Waals surface area contributed by atoms with Gasteiger partial charge in [-0.15, -0.1) is 0 Å². The van der Waals surface area contributed by atoms with Crippen molar-refractivity contribution in [3.8, 4) is 0 Å². The van der Waals surface area contributed by atoms with Crippen LogP contribution < -0.4 is 16.0 Å². The van der Waals surface area contributed by atoms with Gasteiger partial charge in [-0.1, -0.05) is 18.2 Å². The molecule has 0 saturated heterocycles. The summed E-state index contributed by atoms with van der Waals surface area (Å²) in [6.45, 7) is 2.19. The first kappa shape index (κ1) is 14.8. The summed E-state index contributed by atoms with van der Waals surface area (Å²) in [6.07, 6.45) is 0. The number of nitrogens with zero attached hydrogens (tertiary/aromatic N) is 1. The van der Waals surface area contributed by atoms with Crippen LogP contribution in [-0.2, 0) is 4.79 Å². The van der Waals surface area contributed by atoms with Gasteiger partial charge in [0.2, 0.25) is 5.91 Å². The second kappa shape index (κ2) is 6.26. The van der Waals surface area contributed by atoms with Crippen molar-refractivity contribution in [2.45, 2.75) is 6.92 Å². The molecule has 0 radical (unpaired) electrons. The van der Waals surface area contributed by atoms with Crippen molar-refractivity contribution in [2.75, 3.05) is 29.5 Å². The number of nitrogens with two attached hydrogens (primary N) is 1. The highest BCUT2D eigenvalue weighted by Gasteiger charge is 2.10. The number of hydrogen-bond donors (Lipinski definition) is 2. The smallest absolute Gasteiger partial charge is 0.243 e. The summed E-state index contributed by atoms with van der Waals surface area (Å²) in [6, 6.07) is 11.9. The Morgan fingerprint density at radius 1 is 1.29 bits per heavy atom. The molecule has 0 heterocycles. The molecule has 0 spiro atoms. The molecule has 0 aliphatic rings. The van der Waals surface area contributed by atoms with Gasteiger partial charge in [0.05, 0.1) is 12.2 Å². The molecule has 2 aromatic rings. The average molecular weight is 287 g/mol. The van der Waals surface area contributed by atoms with Gasteiger partial charge in [0, 0.05) is 18.4 Å². The number of halogens is 1. The molecule has 0 bridgehead atoms. The lowest BCUT2D eigenvalue weighted by molar-refractivity contribution is -0.114. The maximum Gasteiger partial charge on any atom is 0.243 e. The number of nitrogens with one attached hydrogen (secondary N) is 1. The monoisotopic (exact) mass is 287 g/mol. The van der Waals surface area contributed by atoms with E-state index in [1.54, 1.807) is 0 Å². The Morgan fingerprint density at radius 3 is 2.67 bits per heavy atom. The van der Waals surface area contributed by atoms with Crippen LogP contribution in [0.4, 0.5) is 21.5 Å². The topological polar surface area (TPSA) is 58.4 Å². The van der Waals surface area contributed by atoms with Crippen LogP contribution in [0.5, 0.6) is 0 Å². The molecule has 0 unspecified atom stereocenters. The molecule has 4 nitrogen and oxygen atoms in total. The third kappa shape index (κ3) is 3.72. The zero-order chi connectivity index (χ0) is 15.4. The van der Waals surface area contributed by atoms with Gasteiger partial charge in [0.1, 0.15) is 5.82 Å². The highest BCUT2D eigenvalue weighted by atomic mass is 19.1. The van der Waals surface area contributed by atoms with Crippen molar-refractivity contribution in [3.63, 3.8) is 0 Å². The number of para-hydroxylation sites is 1. The van der Waals surface area contributed by atoms with E-state index < -0.39 is 5.82 Å². The van der Waals surface area contributed by atoms with Crippen LogP contribution in [0, 0.1) is 12.7 Å². The SMILES string of the molecule is Cc1ccccc1N(C)CC(=O)Nc1ccc(F)c(N)c1. The first-order chi connectivity index (χ1) is 9.97. The van der Waals surface area contributed by atoms with Crippen LogP contribution in [-0.4, -0.2) is 19.5 Å². The summed E-state index contributed by atoms with van der Waals surface area (Å²) >= 11 is 0. The molecule has 21 heavy (non-hydrogen) atoms.